The quantitative estimate of drug-likeness (QED) is 0.779. The topological polar surface area (TPSA) is 77.9 Å². The van der Waals surface area contributed by atoms with Gasteiger partial charge in [0.1, 0.15) is 5.82 Å². The number of anilines is 1. The Morgan fingerprint density at radius 2 is 1.92 bits per heavy atom. The first kappa shape index (κ1) is 20.6. The van der Waals surface area contributed by atoms with Gasteiger partial charge in [0.05, 0.1) is 24.1 Å². The maximum atomic E-state index is 14.0. The summed E-state index contributed by atoms with van der Waals surface area (Å²) < 4.78 is 39.0. The molecule has 2 rings (SSSR count). The summed E-state index contributed by atoms with van der Waals surface area (Å²) in [4.78, 5) is 14.0. The Labute approximate surface area is 154 Å². The van der Waals surface area contributed by atoms with Gasteiger partial charge in [-0.05, 0) is 31.4 Å². The second kappa shape index (κ2) is 8.81. The second-order valence-electron chi connectivity index (χ2n) is 6.81. The Kier molecular flexibility index (Phi) is 7.00. The monoisotopic (exact) mass is 386 g/mol. The lowest BCUT2D eigenvalue weighted by Gasteiger charge is -2.35. The number of aliphatic hydroxyl groups excluding tert-OH is 1. The highest BCUT2D eigenvalue weighted by molar-refractivity contribution is 7.92. The van der Waals surface area contributed by atoms with Crippen LogP contribution >= 0.6 is 0 Å². The Morgan fingerprint density at radius 1 is 1.27 bits per heavy atom. The third-order valence-corrected chi connectivity index (χ3v) is 6.04. The molecule has 0 bridgehead atoms. The van der Waals surface area contributed by atoms with Crippen molar-refractivity contribution in [2.75, 3.05) is 24.2 Å². The van der Waals surface area contributed by atoms with E-state index in [4.69, 9.17) is 0 Å². The summed E-state index contributed by atoms with van der Waals surface area (Å²) in [5.74, 6) is -0.760. The number of likely N-dealkylation sites (N-methyl/N-ethyl adjacent to an activating group) is 1. The first-order valence-corrected chi connectivity index (χ1v) is 10.7. The molecule has 0 aromatic heterocycles. The molecule has 0 saturated heterocycles. The van der Waals surface area contributed by atoms with Gasteiger partial charge in [-0.3, -0.25) is 9.10 Å². The van der Waals surface area contributed by atoms with Crippen LogP contribution in [0.4, 0.5) is 10.1 Å². The van der Waals surface area contributed by atoms with E-state index >= 15 is 0 Å². The molecule has 146 valence electrons. The third kappa shape index (κ3) is 5.17. The zero-order valence-corrected chi connectivity index (χ0v) is 16.1. The zero-order chi connectivity index (χ0) is 19.3. The minimum absolute atomic E-state index is 0.0153. The molecule has 2 atom stereocenters. The van der Waals surface area contributed by atoms with Crippen molar-refractivity contribution in [2.45, 2.75) is 50.7 Å². The van der Waals surface area contributed by atoms with Crippen molar-refractivity contribution in [1.82, 2.24) is 4.90 Å². The Hall–Kier alpha value is -1.67. The predicted molar refractivity (Wildman–Crippen MR) is 98.9 cm³/mol. The molecular formula is C18H27FN2O4S. The van der Waals surface area contributed by atoms with Gasteiger partial charge in [-0.2, -0.15) is 0 Å². The molecular weight excluding hydrogens is 359 g/mol. The second-order valence-corrected chi connectivity index (χ2v) is 8.72. The number of aliphatic hydroxyl groups is 1. The van der Waals surface area contributed by atoms with Crippen LogP contribution in [-0.2, 0) is 14.8 Å². The van der Waals surface area contributed by atoms with E-state index in [2.05, 4.69) is 0 Å². The van der Waals surface area contributed by atoms with Gasteiger partial charge in [-0.15, -0.1) is 0 Å². The van der Waals surface area contributed by atoms with Crippen molar-refractivity contribution in [3.8, 4) is 0 Å². The van der Waals surface area contributed by atoms with Crippen LogP contribution in [0.2, 0.25) is 0 Å². The molecule has 1 fully saturated rings. The number of benzene rings is 1. The molecule has 8 heteroatoms. The summed E-state index contributed by atoms with van der Waals surface area (Å²) in [7, 11) is -1.99. The van der Waals surface area contributed by atoms with Crippen molar-refractivity contribution in [1.29, 1.82) is 0 Å². The summed E-state index contributed by atoms with van der Waals surface area (Å²) in [6.07, 6.45) is 4.33. The average molecular weight is 386 g/mol. The van der Waals surface area contributed by atoms with Crippen LogP contribution in [0.5, 0.6) is 0 Å². The summed E-state index contributed by atoms with van der Waals surface area (Å²) in [6, 6.07) is 5.49. The van der Waals surface area contributed by atoms with Crippen LogP contribution in [0.25, 0.3) is 0 Å². The van der Waals surface area contributed by atoms with E-state index in [1.165, 1.54) is 18.2 Å². The fraction of sp³-hybridized carbons (Fsp3) is 0.611. The van der Waals surface area contributed by atoms with E-state index in [-0.39, 0.29) is 37.0 Å². The molecule has 0 radical (unpaired) electrons. The number of hydrogen-bond donors (Lipinski definition) is 1. The normalized spacial score (nSPS) is 20.6. The maximum Gasteiger partial charge on any atom is 0.232 e. The van der Waals surface area contributed by atoms with Gasteiger partial charge < -0.3 is 10.0 Å². The lowest BCUT2D eigenvalue weighted by atomic mass is 9.91. The molecule has 1 aliphatic carbocycles. The summed E-state index contributed by atoms with van der Waals surface area (Å²) in [5, 5.41) is 10.1. The summed E-state index contributed by atoms with van der Waals surface area (Å²) in [6.45, 7) is 0.0204. The molecule has 0 aliphatic heterocycles. The van der Waals surface area contributed by atoms with Crippen molar-refractivity contribution in [3.63, 3.8) is 0 Å². The molecule has 6 nitrogen and oxygen atoms in total. The molecule has 26 heavy (non-hydrogen) atoms. The SMILES string of the molecule is CN(C(=O)CCCN(c1ccccc1F)S(C)(=O)=O)[C@@H]1CCCC[C@H]1O. The minimum atomic E-state index is -3.66. The number of carbonyl (C=O) groups is 1. The summed E-state index contributed by atoms with van der Waals surface area (Å²) in [5.41, 5.74) is -0.0153. The van der Waals surface area contributed by atoms with Gasteiger partial charge in [-0.1, -0.05) is 25.0 Å². The third-order valence-electron chi connectivity index (χ3n) is 4.86. The van der Waals surface area contributed by atoms with Gasteiger partial charge in [0.2, 0.25) is 15.9 Å². The first-order valence-electron chi connectivity index (χ1n) is 8.88. The Morgan fingerprint density at radius 3 is 2.54 bits per heavy atom. The van der Waals surface area contributed by atoms with E-state index in [0.717, 1.165) is 29.8 Å². The van der Waals surface area contributed by atoms with Crippen LogP contribution in [0.15, 0.2) is 24.3 Å². The molecule has 0 spiro atoms. The predicted octanol–water partition coefficient (Wildman–Crippen LogP) is 2.13. The lowest BCUT2D eigenvalue weighted by Crippen LogP contribution is -2.46. The number of amides is 1. The molecule has 0 unspecified atom stereocenters. The highest BCUT2D eigenvalue weighted by atomic mass is 32.2. The average Bonchev–Trinajstić information content (AvgIpc) is 2.58. The number of hydrogen-bond acceptors (Lipinski definition) is 4. The highest BCUT2D eigenvalue weighted by Crippen LogP contribution is 2.24. The van der Waals surface area contributed by atoms with Crippen LogP contribution in [0, 0.1) is 5.82 Å². The molecule has 1 aromatic carbocycles. The van der Waals surface area contributed by atoms with Crippen molar-refractivity contribution in [3.05, 3.63) is 30.1 Å². The van der Waals surface area contributed by atoms with Crippen LogP contribution < -0.4 is 4.31 Å². The van der Waals surface area contributed by atoms with E-state index in [0.29, 0.717) is 6.42 Å². The van der Waals surface area contributed by atoms with Crippen molar-refractivity contribution in [2.24, 2.45) is 0 Å². The van der Waals surface area contributed by atoms with Crippen molar-refractivity contribution >= 4 is 21.6 Å². The number of halogens is 1. The fourth-order valence-corrected chi connectivity index (χ4v) is 4.36. The lowest BCUT2D eigenvalue weighted by molar-refractivity contribution is -0.135. The van der Waals surface area contributed by atoms with E-state index < -0.39 is 21.9 Å². The van der Waals surface area contributed by atoms with Gasteiger partial charge >= 0.3 is 0 Å². The molecule has 1 N–H and O–H groups in total. The zero-order valence-electron chi connectivity index (χ0n) is 15.3. The number of rotatable bonds is 7. The van der Waals surface area contributed by atoms with E-state index in [1.807, 2.05) is 0 Å². The standard InChI is InChI=1S/C18H27FN2O4S/c1-20(16-10-5-6-11-17(16)22)18(23)12-7-13-21(26(2,24)25)15-9-4-3-8-14(15)19/h3-4,8-9,16-17,22H,5-7,10-13H2,1-2H3/t16-,17-/m1/s1. The summed E-state index contributed by atoms with van der Waals surface area (Å²) >= 11 is 0. The molecule has 0 heterocycles. The smallest absolute Gasteiger partial charge is 0.232 e. The van der Waals surface area contributed by atoms with E-state index in [1.54, 1.807) is 18.0 Å². The molecule has 1 saturated carbocycles. The number of carbonyl (C=O) groups excluding carboxylic acids is 1. The van der Waals surface area contributed by atoms with E-state index in [9.17, 15) is 22.7 Å². The molecule has 1 aromatic rings. The van der Waals surface area contributed by atoms with Crippen LogP contribution in [0.1, 0.15) is 38.5 Å². The number of nitrogens with zero attached hydrogens (tertiary/aromatic N) is 2. The van der Waals surface area contributed by atoms with Gasteiger partial charge in [0, 0.05) is 20.0 Å². The fourth-order valence-electron chi connectivity index (χ4n) is 3.40. The first-order chi connectivity index (χ1) is 12.2. The van der Waals surface area contributed by atoms with Crippen LogP contribution in [-0.4, -0.2) is 56.3 Å². The number of sulfonamides is 1. The minimum Gasteiger partial charge on any atom is -0.391 e. The Balaban J connectivity index is 1.97. The number of para-hydroxylation sites is 1. The van der Waals surface area contributed by atoms with Gasteiger partial charge in [0.15, 0.2) is 0 Å². The molecule has 1 amide bonds. The van der Waals surface area contributed by atoms with Gasteiger partial charge in [0.25, 0.3) is 0 Å². The maximum absolute atomic E-state index is 14.0. The molecule has 1 aliphatic rings. The van der Waals surface area contributed by atoms with Gasteiger partial charge in [-0.25, -0.2) is 12.8 Å². The van der Waals surface area contributed by atoms with Crippen molar-refractivity contribution < 1.29 is 22.7 Å². The highest BCUT2D eigenvalue weighted by Gasteiger charge is 2.29. The van der Waals surface area contributed by atoms with Crippen LogP contribution in [0.3, 0.4) is 0 Å². The Bertz CT molecular complexity index is 726. The largest absolute Gasteiger partial charge is 0.391 e.